The van der Waals surface area contributed by atoms with Crippen molar-refractivity contribution in [3.8, 4) is 0 Å². The Labute approximate surface area is 239 Å². The van der Waals surface area contributed by atoms with E-state index in [1.165, 1.54) is 35.2 Å². The van der Waals surface area contributed by atoms with Gasteiger partial charge in [-0.25, -0.2) is 24.5 Å². The quantitative estimate of drug-likeness (QED) is 0.0919. The number of methoxy groups -OCH3 is 1. The first kappa shape index (κ1) is 29.4. The molecule has 6 heterocycles. The highest BCUT2D eigenvalue weighted by atomic mass is 31.2. The average Bonchev–Trinajstić information content (AvgIpc) is 3.72. The minimum absolute atomic E-state index is 0.0245. The molecule has 22 heteroatoms. The molecule has 0 aliphatic carbocycles. The lowest BCUT2D eigenvalue weighted by atomic mass is 10.1. The smallest absolute Gasteiger partial charge is 0.394 e. The molecule has 9 N–H and O–H groups in total. The van der Waals surface area contributed by atoms with Gasteiger partial charge >= 0.3 is 7.82 Å². The van der Waals surface area contributed by atoms with Gasteiger partial charge in [0.1, 0.15) is 48.5 Å². The maximum Gasteiger partial charge on any atom is 0.472 e. The van der Waals surface area contributed by atoms with E-state index in [4.69, 9.17) is 34.7 Å². The van der Waals surface area contributed by atoms with E-state index in [9.17, 15) is 29.6 Å². The number of phosphoric ester groups is 1. The number of nitrogens with zero attached hydrogens (tertiary/aromatic N) is 7. The number of imidazole rings is 2. The number of aliphatic hydroxyl groups is 3. The van der Waals surface area contributed by atoms with Crippen molar-refractivity contribution in [3.05, 3.63) is 29.3 Å². The number of H-pyrrole nitrogens is 1. The molecule has 9 atom stereocenters. The van der Waals surface area contributed by atoms with Gasteiger partial charge in [-0.15, -0.1) is 0 Å². The number of aromatic nitrogens is 8. The van der Waals surface area contributed by atoms with Crippen LogP contribution in [-0.4, -0.2) is 116 Å². The largest absolute Gasteiger partial charge is 0.472 e. The molecule has 2 aliphatic rings. The number of nitrogens with two attached hydrogens (primary N) is 2. The van der Waals surface area contributed by atoms with Gasteiger partial charge in [0, 0.05) is 7.11 Å². The highest BCUT2D eigenvalue weighted by Crippen LogP contribution is 2.50. The predicted molar refractivity (Wildman–Crippen MR) is 141 cm³/mol. The van der Waals surface area contributed by atoms with Gasteiger partial charge in [0.25, 0.3) is 5.56 Å². The van der Waals surface area contributed by atoms with Gasteiger partial charge in [0.15, 0.2) is 35.1 Å². The molecule has 2 aliphatic heterocycles. The van der Waals surface area contributed by atoms with Crippen molar-refractivity contribution in [2.45, 2.75) is 49.1 Å². The Hall–Kier alpha value is -3.63. The van der Waals surface area contributed by atoms with Crippen LogP contribution in [0.25, 0.3) is 22.3 Å². The van der Waals surface area contributed by atoms with Crippen LogP contribution in [0.3, 0.4) is 0 Å². The van der Waals surface area contributed by atoms with Gasteiger partial charge < -0.3 is 45.9 Å². The molecule has 1 unspecified atom stereocenters. The molecule has 0 amide bonds. The summed E-state index contributed by atoms with van der Waals surface area (Å²) < 4.78 is 43.3. The SMILES string of the molecule is CO[C@H]1[C@@H](OP(=O)(O)OC[C@H]2O[C@@H](n3cnc4c(N)ncnc43)[C@H](O)[C@@H]2O)[C@H](n2cnc3c(=O)[nH]c(N)nc32)O[C@@H]1CO. The molecule has 0 radical (unpaired) electrons. The number of hydrogen-bond donors (Lipinski definition) is 7. The third-order valence-electron chi connectivity index (χ3n) is 7.12. The summed E-state index contributed by atoms with van der Waals surface area (Å²) in [6.07, 6.45) is -6.71. The van der Waals surface area contributed by atoms with Gasteiger partial charge in [0.2, 0.25) is 5.95 Å². The molecule has 232 valence electrons. The second kappa shape index (κ2) is 11.1. The van der Waals surface area contributed by atoms with Crippen molar-refractivity contribution in [1.29, 1.82) is 0 Å². The minimum atomic E-state index is -4.99. The number of ether oxygens (including phenoxy) is 3. The normalized spacial score (nSPS) is 30.8. The zero-order chi connectivity index (χ0) is 30.6. The molecule has 4 aromatic heterocycles. The predicted octanol–water partition coefficient (Wildman–Crippen LogP) is -2.85. The van der Waals surface area contributed by atoms with Crippen LogP contribution in [-0.2, 0) is 27.8 Å². The van der Waals surface area contributed by atoms with Gasteiger partial charge in [-0.05, 0) is 0 Å². The van der Waals surface area contributed by atoms with Gasteiger partial charge in [-0.1, -0.05) is 0 Å². The van der Waals surface area contributed by atoms with E-state index in [-0.39, 0.29) is 34.1 Å². The Morgan fingerprint density at radius 1 is 1.00 bits per heavy atom. The lowest BCUT2D eigenvalue weighted by Crippen LogP contribution is -2.37. The van der Waals surface area contributed by atoms with Crippen LogP contribution in [0, 0.1) is 0 Å². The summed E-state index contributed by atoms with van der Waals surface area (Å²) in [6.45, 7) is -1.26. The Kier molecular flexibility index (Phi) is 7.62. The third-order valence-corrected chi connectivity index (χ3v) is 8.10. The number of aromatic amines is 1. The van der Waals surface area contributed by atoms with Crippen molar-refractivity contribution < 1.29 is 48.0 Å². The maximum absolute atomic E-state index is 13.2. The van der Waals surface area contributed by atoms with E-state index in [1.807, 2.05) is 0 Å². The molecule has 0 aromatic carbocycles. The summed E-state index contributed by atoms with van der Waals surface area (Å²) in [5.74, 6) is -0.125. The first-order chi connectivity index (χ1) is 20.5. The fourth-order valence-corrected chi connectivity index (χ4v) is 6.04. The molecule has 4 aromatic rings. The van der Waals surface area contributed by atoms with Crippen LogP contribution in [0.5, 0.6) is 0 Å². The molecule has 0 spiro atoms. The fraction of sp³-hybridized carbons (Fsp3) is 0.524. The number of phosphoric acid groups is 1. The van der Waals surface area contributed by atoms with Crippen LogP contribution < -0.4 is 17.0 Å². The minimum Gasteiger partial charge on any atom is -0.394 e. The molecule has 0 bridgehead atoms. The summed E-state index contributed by atoms with van der Waals surface area (Å²) >= 11 is 0. The second-order valence-electron chi connectivity index (χ2n) is 9.69. The third kappa shape index (κ3) is 5.14. The van der Waals surface area contributed by atoms with Gasteiger partial charge in [-0.3, -0.25) is 28.0 Å². The molecule has 43 heavy (non-hydrogen) atoms. The van der Waals surface area contributed by atoms with E-state index >= 15 is 0 Å². The van der Waals surface area contributed by atoms with Crippen LogP contribution >= 0.6 is 7.82 Å². The number of aliphatic hydroxyl groups excluding tert-OH is 3. The van der Waals surface area contributed by atoms with E-state index in [2.05, 4.69) is 29.9 Å². The van der Waals surface area contributed by atoms with Gasteiger partial charge in [0.05, 0.1) is 25.9 Å². The second-order valence-corrected chi connectivity index (χ2v) is 11.1. The summed E-state index contributed by atoms with van der Waals surface area (Å²) in [4.78, 5) is 45.3. The maximum atomic E-state index is 13.2. The molecular weight excluding hydrogens is 599 g/mol. The lowest BCUT2D eigenvalue weighted by Gasteiger charge is -2.26. The number of nitrogen functional groups attached to an aromatic ring is 2. The standard InChI is InChI=1S/C21H27N10O11P/c1-38-13-7(2-32)40-20(31-6-27-10-17(31)28-21(23)29-18(10)35)14(13)42-43(36,37)39-3-8-11(33)12(34)19(41-8)30-5-26-9-15(22)24-4-25-16(9)30/h4-8,11-14,19-20,32-34H,2-3H2,1H3,(H,36,37)(H2,22,24,25)(H3,23,28,29,35)/t7-,8-,11-,12-,13-,14-,19-,20-/m1/s1. The average molecular weight is 626 g/mol. The summed E-state index contributed by atoms with van der Waals surface area (Å²) in [5, 5.41) is 31.1. The van der Waals surface area contributed by atoms with Crippen LogP contribution in [0.2, 0.25) is 0 Å². The topological polar surface area (TPSA) is 303 Å². The molecule has 2 fully saturated rings. The van der Waals surface area contributed by atoms with E-state index in [1.54, 1.807) is 0 Å². The van der Waals surface area contributed by atoms with E-state index < -0.39 is 75.7 Å². The zero-order valence-electron chi connectivity index (χ0n) is 22.1. The number of hydrogen-bond acceptors (Lipinski definition) is 17. The molecule has 21 nitrogen and oxygen atoms in total. The molecule has 6 rings (SSSR count). The van der Waals surface area contributed by atoms with Crippen molar-refractivity contribution in [3.63, 3.8) is 0 Å². The number of anilines is 2. The Balaban J connectivity index is 1.20. The van der Waals surface area contributed by atoms with Crippen LogP contribution in [0.1, 0.15) is 12.5 Å². The molecule has 2 saturated heterocycles. The zero-order valence-corrected chi connectivity index (χ0v) is 23.0. The fourth-order valence-electron chi connectivity index (χ4n) is 5.11. The highest BCUT2D eigenvalue weighted by Gasteiger charge is 2.51. The number of nitrogens with one attached hydrogen (secondary N) is 1. The van der Waals surface area contributed by atoms with Crippen molar-refractivity contribution in [1.82, 2.24) is 39.0 Å². The van der Waals surface area contributed by atoms with E-state index in [0.717, 1.165) is 0 Å². The first-order valence-electron chi connectivity index (χ1n) is 12.6. The van der Waals surface area contributed by atoms with Crippen LogP contribution in [0.15, 0.2) is 23.8 Å². The number of rotatable bonds is 9. The first-order valence-corrected chi connectivity index (χ1v) is 14.1. The molecular formula is C21H27N10O11P. The van der Waals surface area contributed by atoms with Crippen molar-refractivity contribution in [2.75, 3.05) is 31.8 Å². The van der Waals surface area contributed by atoms with Crippen molar-refractivity contribution >= 4 is 41.9 Å². The lowest BCUT2D eigenvalue weighted by molar-refractivity contribution is -0.0616. The Bertz CT molecular complexity index is 1750. The molecule has 0 saturated carbocycles. The monoisotopic (exact) mass is 626 g/mol. The highest BCUT2D eigenvalue weighted by molar-refractivity contribution is 7.47. The summed E-state index contributed by atoms with van der Waals surface area (Å²) in [7, 11) is -3.72. The number of fused-ring (bicyclic) bond motifs is 2. The van der Waals surface area contributed by atoms with Gasteiger partial charge in [-0.2, -0.15) is 4.98 Å². The Morgan fingerprint density at radius 3 is 2.42 bits per heavy atom. The Morgan fingerprint density at radius 2 is 1.70 bits per heavy atom. The van der Waals surface area contributed by atoms with Crippen LogP contribution in [0.4, 0.5) is 11.8 Å². The van der Waals surface area contributed by atoms with Crippen molar-refractivity contribution in [2.24, 2.45) is 0 Å². The van der Waals surface area contributed by atoms with E-state index in [0.29, 0.717) is 0 Å². The summed E-state index contributed by atoms with van der Waals surface area (Å²) in [5.41, 5.74) is 11.2. The summed E-state index contributed by atoms with van der Waals surface area (Å²) in [6, 6.07) is 0.